The van der Waals surface area contributed by atoms with Crippen LogP contribution >= 0.6 is 0 Å². The average Bonchev–Trinajstić information content (AvgIpc) is 2.70. The van der Waals surface area contributed by atoms with Gasteiger partial charge in [-0.05, 0) is 35.9 Å². The van der Waals surface area contributed by atoms with Gasteiger partial charge in [0.1, 0.15) is 5.75 Å². The normalized spacial score (nSPS) is 9.92. The number of rotatable bonds is 7. The zero-order chi connectivity index (χ0) is 18.9. The van der Waals surface area contributed by atoms with Gasteiger partial charge >= 0.3 is 5.97 Å². The summed E-state index contributed by atoms with van der Waals surface area (Å²) in [4.78, 5) is 35.5. The Morgan fingerprint density at radius 2 is 1.62 bits per heavy atom. The van der Waals surface area contributed by atoms with Gasteiger partial charge in [0.25, 0.3) is 5.91 Å². The van der Waals surface area contributed by atoms with E-state index >= 15 is 0 Å². The molecule has 0 aromatic heterocycles. The summed E-state index contributed by atoms with van der Waals surface area (Å²) in [6, 6.07) is 13.4. The molecule has 7 heteroatoms. The quantitative estimate of drug-likeness (QED) is 0.734. The van der Waals surface area contributed by atoms with Gasteiger partial charge in [-0.25, -0.2) is 4.79 Å². The highest BCUT2D eigenvalue weighted by Crippen LogP contribution is 2.11. The van der Waals surface area contributed by atoms with Gasteiger partial charge in [-0.1, -0.05) is 18.2 Å². The minimum atomic E-state index is -0.531. The molecule has 0 unspecified atom stereocenters. The number of nitrogens with one attached hydrogen (secondary N) is 2. The molecule has 0 radical (unpaired) electrons. The van der Waals surface area contributed by atoms with Crippen LogP contribution < -0.4 is 15.4 Å². The molecule has 0 saturated carbocycles. The summed E-state index contributed by atoms with van der Waals surface area (Å²) in [7, 11) is 2.85. The third kappa shape index (κ3) is 5.34. The lowest BCUT2D eigenvalue weighted by Gasteiger charge is -2.08. The largest absolute Gasteiger partial charge is 0.497 e. The molecular formula is C19H20N2O5. The van der Waals surface area contributed by atoms with Gasteiger partial charge in [-0.2, -0.15) is 0 Å². The molecule has 0 aliphatic rings. The highest BCUT2D eigenvalue weighted by Gasteiger charge is 2.11. The second-order valence-corrected chi connectivity index (χ2v) is 5.38. The average molecular weight is 356 g/mol. The summed E-state index contributed by atoms with van der Waals surface area (Å²) in [5.74, 6) is -0.563. The van der Waals surface area contributed by atoms with E-state index in [0.717, 1.165) is 11.3 Å². The first kappa shape index (κ1) is 19.0. The van der Waals surface area contributed by atoms with Gasteiger partial charge in [0.2, 0.25) is 5.91 Å². The maximum absolute atomic E-state index is 12.1. The molecule has 2 N–H and O–H groups in total. The molecule has 0 bridgehead atoms. The summed E-state index contributed by atoms with van der Waals surface area (Å²) in [6.07, 6.45) is 0. The van der Waals surface area contributed by atoms with Crippen molar-refractivity contribution < 1.29 is 23.9 Å². The Kier molecular flexibility index (Phi) is 6.73. The minimum absolute atomic E-state index is 0.169. The van der Waals surface area contributed by atoms with Crippen LogP contribution in [0.2, 0.25) is 0 Å². The molecule has 0 aliphatic carbocycles. The van der Waals surface area contributed by atoms with Crippen LogP contribution in [-0.4, -0.2) is 38.5 Å². The standard InChI is InChI=1S/C19H20N2O5/c1-25-16-8-6-13(7-9-16)11-20-17(22)12-21-18(23)14-4-3-5-15(10-14)19(24)26-2/h3-10H,11-12H2,1-2H3,(H,20,22)(H,21,23). The SMILES string of the molecule is COC(=O)c1cccc(C(=O)NCC(=O)NCc2ccc(OC)cc2)c1. The molecule has 0 heterocycles. The second-order valence-electron chi connectivity index (χ2n) is 5.38. The topological polar surface area (TPSA) is 93.7 Å². The van der Waals surface area contributed by atoms with Crippen molar-refractivity contribution in [2.75, 3.05) is 20.8 Å². The molecule has 0 fully saturated rings. The van der Waals surface area contributed by atoms with Crippen LogP contribution in [0.1, 0.15) is 26.3 Å². The van der Waals surface area contributed by atoms with Gasteiger partial charge in [0.05, 0.1) is 26.3 Å². The fourth-order valence-corrected chi connectivity index (χ4v) is 2.17. The van der Waals surface area contributed by atoms with Gasteiger partial charge < -0.3 is 20.1 Å². The summed E-state index contributed by atoms with van der Waals surface area (Å²) in [5, 5.41) is 5.23. The predicted molar refractivity (Wildman–Crippen MR) is 95.0 cm³/mol. The monoisotopic (exact) mass is 356 g/mol. The zero-order valence-electron chi connectivity index (χ0n) is 14.6. The predicted octanol–water partition coefficient (Wildman–Crippen LogP) is 1.53. The molecule has 2 aromatic carbocycles. The first-order chi connectivity index (χ1) is 12.5. The summed E-state index contributed by atoms with van der Waals surface area (Å²) < 4.78 is 9.68. The van der Waals surface area contributed by atoms with E-state index in [0.29, 0.717) is 6.54 Å². The second kappa shape index (κ2) is 9.22. The zero-order valence-corrected chi connectivity index (χ0v) is 14.6. The lowest BCUT2D eigenvalue weighted by atomic mass is 10.1. The Balaban J connectivity index is 1.82. The molecule has 2 amide bonds. The Labute approximate surface area is 151 Å². The van der Waals surface area contributed by atoms with Crippen molar-refractivity contribution in [3.63, 3.8) is 0 Å². The van der Waals surface area contributed by atoms with E-state index in [1.54, 1.807) is 37.4 Å². The lowest BCUT2D eigenvalue weighted by molar-refractivity contribution is -0.120. The number of ether oxygens (including phenoxy) is 2. The molecule has 136 valence electrons. The van der Waals surface area contributed by atoms with Crippen LogP contribution in [0, 0.1) is 0 Å². The van der Waals surface area contributed by atoms with Crippen LogP contribution in [0.15, 0.2) is 48.5 Å². The number of benzene rings is 2. The molecule has 26 heavy (non-hydrogen) atoms. The smallest absolute Gasteiger partial charge is 0.337 e. The van der Waals surface area contributed by atoms with Crippen LogP contribution in [0.25, 0.3) is 0 Å². The maximum Gasteiger partial charge on any atom is 0.337 e. The van der Waals surface area contributed by atoms with E-state index in [2.05, 4.69) is 15.4 Å². The third-order valence-electron chi connectivity index (χ3n) is 3.60. The molecule has 0 spiro atoms. The van der Waals surface area contributed by atoms with Crippen LogP contribution in [0.3, 0.4) is 0 Å². The molecule has 7 nitrogen and oxygen atoms in total. The van der Waals surface area contributed by atoms with Crippen molar-refractivity contribution in [1.82, 2.24) is 10.6 Å². The van der Waals surface area contributed by atoms with Crippen molar-refractivity contribution in [3.8, 4) is 5.75 Å². The molecule has 2 aromatic rings. The third-order valence-corrected chi connectivity index (χ3v) is 3.60. The number of hydrogen-bond acceptors (Lipinski definition) is 5. The summed E-state index contributed by atoms with van der Waals surface area (Å²) in [5.41, 5.74) is 1.45. The summed E-state index contributed by atoms with van der Waals surface area (Å²) >= 11 is 0. The lowest BCUT2D eigenvalue weighted by Crippen LogP contribution is -2.36. The van der Waals surface area contributed by atoms with E-state index in [1.807, 2.05) is 12.1 Å². The van der Waals surface area contributed by atoms with Gasteiger partial charge in [0, 0.05) is 12.1 Å². The van der Waals surface area contributed by atoms with Gasteiger partial charge in [-0.15, -0.1) is 0 Å². The first-order valence-electron chi connectivity index (χ1n) is 7.89. The Morgan fingerprint density at radius 3 is 2.27 bits per heavy atom. The van der Waals surface area contributed by atoms with Gasteiger partial charge in [0.15, 0.2) is 0 Å². The number of hydrogen-bond donors (Lipinski definition) is 2. The number of carbonyl (C=O) groups excluding carboxylic acids is 3. The van der Waals surface area contributed by atoms with Gasteiger partial charge in [-0.3, -0.25) is 9.59 Å². The molecule has 0 saturated heterocycles. The fourth-order valence-electron chi connectivity index (χ4n) is 2.17. The number of methoxy groups -OCH3 is 2. The fraction of sp³-hybridized carbons (Fsp3) is 0.211. The Bertz CT molecular complexity index is 787. The van der Waals surface area contributed by atoms with Crippen molar-refractivity contribution in [1.29, 1.82) is 0 Å². The van der Waals surface area contributed by atoms with Crippen molar-refractivity contribution in [3.05, 3.63) is 65.2 Å². The Hall–Kier alpha value is -3.35. The maximum atomic E-state index is 12.1. The summed E-state index contributed by atoms with van der Waals surface area (Å²) in [6.45, 7) is 0.175. The first-order valence-corrected chi connectivity index (χ1v) is 7.89. The highest BCUT2D eigenvalue weighted by molar-refractivity contribution is 5.99. The van der Waals surface area contributed by atoms with E-state index in [4.69, 9.17) is 4.74 Å². The molecular weight excluding hydrogens is 336 g/mol. The van der Waals surface area contributed by atoms with Crippen molar-refractivity contribution >= 4 is 17.8 Å². The van der Waals surface area contributed by atoms with Crippen molar-refractivity contribution in [2.24, 2.45) is 0 Å². The van der Waals surface area contributed by atoms with Crippen molar-refractivity contribution in [2.45, 2.75) is 6.54 Å². The number of amides is 2. The number of carbonyl (C=O) groups is 3. The van der Waals surface area contributed by atoms with E-state index in [1.165, 1.54) is 13.2 Å². The van der Waals surface area contributed by atoms with E-state index in [9.17, 15) is 14.4 Å². The highest BCUT2D eigenvalue weighted by atomic mass is 16.5. The van der Waals surface area contributed by atoms with Crippen LogP contribution in [-0.2, 0) is 16.1 Å². The van der Waals surface area contributed by atoms with E-state index < -0.39 is 11.9 Å². The van der Waals surface area contributed by atoms with E-state index in [-0.39, 0.29) is 23.6 Å². The Morgan fingerprint density at radius 1 is 0.923 bits per heavy atom. The van der Waals surface area contributed by atoms with Crippen LogP contribution in [0.4, 0.5) is 0 Å². The molecule has 0 atom stereocenters. The number of esters is 1. The molecule has 0 aliphatic heterocycles. The minimum Gasteiger partial charge on any atom is -0.497 e. The van der Waals surface area contributed by atoms with Crippen LogP contribution in [0.5, 0.6) is 5.75 Å². The molecule has 2 rings (SSSR count).